The van der Waals surface area contributed by atoms with E-state index in [2.05, 4.69) is 38.1 Å². The van der Waals surface area contributed by atoms with Crippen molar-refractivity contribution in [3.05, 3.63) is 52.8 Å². The summed E-state index contributed by atoms with van der Waals surface area (Å²) in [6.45, 7) is 4.80. The van der Waals surface area contributed by atoms with E-state index in [0.717, 1.165) is 29.2 Å². The molecule has 3 aromatic heterocycles. The van der Waals surface area contributed by atoms with Crippen LogP contribution in [0.5, 0.6) is 0 Å². The van der Waals surface area contributed by atoms with Crippen molar-refractivity contribution >= 4 is 62.8 Å². The van der Waals surface area contributed by atoms with Gasteiger partial charge in [-0.15, -0.1) is 10.2 Å². The van der Waals surface area contributed by atoms with E-state index >= 15 is 0 Å². The summed E-state index contributed by atoms with van der Waals surface area (Å²) in [5.41, 5.74) is 2.70. The molecule has 11 heteroatoms. The summed E-state index contributed by atoms with van der Waals surface area (Å²) >= 11 is 2.38. The Labute approximate surface area is 197 Å². The third-order valence-electron chi connectivity index (χ3n) is 5.30. The molecule has 3 heterocycles. The lowest BCUT2D eigenvalue weighted by Gasteiger charge is -2.12. The van der Waals surface area contributed by atoms with Crippen molar-refractivity contribution in [1.29, 1.82) is 0 Å². The third-order valence-corrected chi connectivity index (χ3v) is 6.77. The Bertz CT molecular complexity index is 1540. The fourth-order valence-electron chi connectivity index (χ4n) is 3.64. The van der Waals surface area contributed by atoms with Gasteiger partial charge in [0.05, 0.1) is 34.1 Å². The van der Waals surface area contributed by atoms with E-state index < -0.39 is 0 Å². The molecule has 5 aromatic rings. The normalized spacial score (nSPS) is 11.7. The lowest BCUT2D eigenvalue weighted by atomic mass is 10.1. The summed E-state index contributed by atoms with van der Waals surface area (Å²) in [6.07, 6.45) is 0.850. The van der Waals surface area contributed by atoms with Crippen LogP contribution in [0.15, 0.2) is 52.4 Å². The topological polar surface area (TPSA) is 107 Å². The van der Waals surface area contributed by atoms with Crippen LogP contribution < -0.4 is 10.9 Å². The predicted molar refractivity (Wildman–Crippen MR) is 131 cm³/mol. The van der Waals surface area contributed by atoms with Crippen molar-refractivity contribution in [3.8, 4) is 0 Å². The Hall–Kier alpha value is -3.31. The van der Waals surface area contributed by atoms with Crippen LogP contribution in [0, 0.1) is 5.92 Å². The van der Waals surface area contributed by atoms with Crippen molar-refractivity contribution < 1.29 is 4.79 Å². The van der Waals surface area contributed by atoms with Gasteiger partial charge in [0.15, 0.2) is 5.16 Å². The molecule has 9 nitrogen and oxygen atoms in total. The molecule has 0 aliphatic rings. The number of nitrogens with one attached hydrogen (secondary N) is 1. The van der Waals surface area contributed by atoms with E-state index in [0.29, 0.717) is 40.0 Å². The number of fused-ring (bicyclic) bond motifs is 4. The van der Waals surface area contributed by atoms with Crippen LogP contribution >= 0.6 is 23.5 Å². The first-order chi connectivity index (χ1) is 16.0. The van der Waals surface area contributed by atoms with Crippen LogP contribution in [0.1, 0.15) is 20.3 Å². The molecular formula is C22H21N7O2S2. The van der Waals surface area contributed by atoms with E-state index in [4.69, 9.17) is 0 Å². The zero-order valence-electron chi connectivity index (χ0n) is 18.1. The van der Waals surface area contributed by atoms with Crippen LogP contribution in [0.3, 0.4) is 0 Å². The highest BCUT2D eigenvalue weighted by Crippen LogP contribution is 2.24. The fraction of sp³-hybridized carbons (Fsp3) is 0.273. The molecule has 1 amide bonds. The fourth-order valence-corrected chi connectivity index (χ4v) is 4.93. The van der Waals surface area contributed by atoms with E-state index in [-0.39, 0.29) is 17.2 Å². The second-order valence-electron chi connectivity index (χ2n) is 8.05. The molecule has 0 saturated heterocycles. The van der Waals surface area contributed by atoms with Crippen LogP contribution in [0.2, 0.25) is 0 Å². The van der Waals surface area contributed by atoms with Crippen molar-refractivity contribution in [2.75, 3.05) is 11.1 Å². The van der Waals surface area contributed by atoms with Gasteiger partial charge < -0.3 is 5.32 Å². The smallest absolute Gasteiger partial charge is 0.262 e. The Morgan fingerprint density at radius 1 is 1.12 bits per heavy atom. The Balaban J connectivity index is 1.45. The monoisotopic (exact) mass is 479 g/mol. The van der Waals surface area contributed by atoms with Gasteiger partial charge in [-0.1, -0.05) is 43.8 Å². The molecule has 0 spiro atoms. The quantitative estimate of drug-likeness (QED) is 0.354. The van der Waals surface area contributed by atoms with Gasteiger partial charge in [-0.2, -0.15) is 8.75 Å². The number of nitrogens with zero attached hydrogens (tertiary/aromatic N) is 6. The standard InChI is InChI=1S/C22H21N7O2S2/c1-13(2)10-11-28-20(31)14-6-3-4-9-17(14)29-21(28)24-25-22(29)32-12-18(30)23-15-7-5-8-16-19(15)27-33-26-16/h3-9,13H,10-12H2,1-2H3,(H,23,30). The Kier molecular flexibility index (Phi) is 5.81. The number of carbonyl (C=O) groups excluding carboxylic acids is 1. The zero-order chi connectivity index (χ0) is 22.9. The highest BCUT2D eigenvalue weighted by atomic mass is 32.2. The molecule has 0 aliphatic carbocycles. The Morgan fingerprint density at radius 3 is 2.82 bits per heavy atom. The molecule has 2 aromatic carbocycles. The van der Waals surface area contributed by atoms with Gasteiger partial charge in [0.1, 0.15) is 11.0 Å². The molecule has 168 valence electrons. The summed E-state index contributed by atoms with van der Waals surface area (Å²) in [5.74, 6) is 0.880. The number of hydrogen-bond acceptors (Lipinski definition) is 8. The molecule has 0 radical (unpaired) electrons. The van der Waals surface area contributed by atoms with Gasteiger partial charge in [0.2, 0.25) is 11.7 Å². The number of para-hydroxylation sites is 1. The average Bonchev–Trinajstić information content (AvgIpc) is 3.45. The second-order valence-corrected chi connectivity index (χ2v) is 9.52. The van der Waals surface area contributed by atoms with Crippen LogP contribution in [-0.4, -0.2) is 39.6 Å². The molecule has 5 rings (SSSR count). The molecule has 0 atom stereocenters. The summed E-state index contributed by atoms with van der Waals surface area (Å²) in [5, 5.41) is 12.7. The second kappa shape index (κ2) is 8.91. The number of amides is 1. The highest BCUT2D eigenvalue weighted by Gasteiger charge is 2.18. The van der Waals surface area contributed by atoms with E-state index in [1.54, 1.807) is 10.6 Å². The van der Waals surface area contributed by atoms with Gasteiger partial charge in [-0.25, -0.2) is 0 Å². The number of aromatic nitrogens is 6. The summed E-state index contributed by atoms with van der Waals surface area (Å²) in [4.78, 5) is 25.8. The summed E-state index contributed by atoms with van der Waals surface area (Å²) in [6, 6.07) is 12.9. The number of rotatable bonds is 7. The number of aryl methyl sites for hydroxylation is 1. The first kappa shape index (κ1) is 21.5. The molecule has 0 saturated carbocycles. The first-order valence-corrected chi connectivity index (χ1v) is 12.2. The van der Waals surface area contributed by atoms with Crippen LogP contribution in [0.4, 0.5) is 5.69 Å². The SMILES string of the molecule is CC(C)CCn1c(=O)c2ccccc2n2c(SCC(=O)Nc3cccc4nsnc34)nnc12. The molecule has 0 bridgehead atoms. The highest BCUT2D eigenvalue weighted by molar-refractivity contribution is 7.99. The summed E-state index contributed by atoms with van der Waals surface area (Å²) in [7, 11) is 0. The maximum absolute atomic E-state index is 13.1. The zero-order valence-corrected chi connectivity index (χ0v) is 19.7. The van der Waals surface area contributed by atoms with E-state index in [1.165, 1.54) is 11.8 Å². The number of benzene rings is 2. The van der Waals surface area contributed by atoms with Gasteiger partial charge in [-0.05, 0) is 36.6 Å². The molecular weight excluding hydrogens is 458 g/mol. The molecule has 0 aliphatic heterocycles. The first-order valence-electron chi connectivity index (χ1n) is 10.5. The molecule has 0 unspecified atom stereocenters. The largest absolute Gasteiger partial charge is 0.323 e. The van der Waals surface area contributed by atoms with Gasteiger partial charge in [0, 0.05) is 6.54 Å². The number of carbonyl (C=O) groups is 1. The number of thioether (sulfide) groups is 1. The number of anilines is 1. The predicted octanol–water partition coefficient (Wildman–Crippen LogP) is 3.83. The van der Waals surface area contributed by atoms with Crippen molar-refractivity contribution in [2.45, 2.75) is 32.0 Å². The van der Waals surface area contributed by atoms with Crippen molar-refractivity contribution in [3.63, 3.8) is 0 Å². The molecule has 1 N–H and O–H groups in total. The molecule has 33 heavy (non-hydrogen) atoms. The Morgan fingerprint density at radius 2 is 1.97 bits per heavy atom. The summed E-state index contributed by atoms with van der Waals surface area (Å²) < 4.78 is 12.0. The maximum atomic E-state index is 13.1. The van der Waals surface area contributed by atoms with Crippen LogP contribution in [0.25, 0.3) is 27.7 Å². The average molecular weight is 480 g/mol. The minimum atomic E-state index is -0.185. The van der Waals surface area contributed by atoms with Gasteiger partial charge in [0.25, 0.3) is 5.56 Å². The lowest BCUT2D eigenvalue weighted by Crippen LogP contribution is -2.24. The maximum Gasteiger partial charge on any atom is 0.262 e. The lowest BCUT2D eigenvalue weighted by molar-refractivity contribution is -0.113. The number of hydrogen-bond donors (Lipinski definition) is 1. The minimum absolute atomic E-state index is 0.0783. The minimum Gasteiger partial charge on any atom is -0.323 e. The van der Waals surface area contributed by atoms with Gasteiger partial charge >= 0.3 is 0 Å². The van der Waals surface area contributed by atoms with Crippen LogP contribution in [-0.2, 0) is 11.3 Å². The van der Waals surface area contributed by atoms with E-state index in [9.17, 15) is 9.59 Å². The third kappa shape index (κ3) is 4.09. The van der Waals surface area contributed by atoms with Crippen molar-refractivity contribution in [2.24, 2.45) is 5.92 Å². The van der Waals surface area contributed by atoms with E-state index in [1.807, 2.05) is 40.8 Å². The van der Waals surface area contributed by atoms with Crippen molar-refractivity contribution in [1.82, 2.24) is 27.9 Å². The molecule has 0 fully saturated rings. The van der Waals surface area contributed by atoms with Gasteiger partial charge in [-0.3, -0.25) is 18.6 Å².